The number of aliphatic carboxylic acids is 1. The maximum absolute atomic E-state index is 12.5. The lowest BCUT2D eigenvalue weighted by atomic mass is 10.1. The van der Waals surface area contributed by atoms with Crippen LogP contribution in [0.4, 0.5) is 0 Å². The maximum atomic E-state index is 12.5. The van der Waals surface area contributed by atoms with Gasteiger partial charge < -0.3 is 14.7 Å². The zero-order valence-corrected chi connectivity index (χ0v) is 11.2. The average Bonchev–Trinajstić information content (AvgIpc) is 2.49. The summed E-state index contributed by atoms with van der Waals surface area (Å²) in [5.74, 6) is -1.06. The van der Waals surface area contributed by atoms with Crippen LogP contribution in [-0.4, -0.2) is 52.7 Å². The van der Waals surface area contributed by atoms with Crippen LogP contribution in [0, 0.1) is 0 Å². The second kappa shape index (κ2) is 7.00. The highest BCUT2D eigenvalue weighted by atomic mass is 16.5. The van der Waals surface area contributed by atoms with Gasteiger partial charge in [0.15, 0.2) is 0 Å². The van der Waals surface area contributed by atoms with Crippen LogP contribution in [0.15, 0.2) is 24.5 Å². The van der Waals surface area contributed by atoms with E-state index in [1.165, 1.54) is 6.20 Å². The van der Waals surface area contributed by atoms with Crippen LogP contribution in [-0.2, 0) is 9.53 Å². The van der Waals surface area contributed by atoms with E-state index in [2.05, 4.69) is 4.98 Å². The van der Waals surface area contributed by atoms with E-state index in [0.717, 1.165) is 12.8 Å². The normalized spacial score (nSPS) is 15.8. The molecular weight excluding hydrogens is 260 g/mol. The van der Waals surface area contributed by atoms with Crippen molar-refractivity contribution in [1.29, 1.82) is 0 Å². The smallest absolute Gasteiger partial charge is 0.305 e. The van der Waals surface area contributed by atoms with E-state index in [-0.39, 0.29) is 24.9 Å². The van der Waals surface area contributed by atoms with E-state index in [4.69, 9.17) is 9.84 Å². The first-order valence-electron chi connectivity index (χ1n) is 6.69. The fraction of sp³-hybridized carbons (Fsp3) is 0.500. The average molecular weight is 278 g/mol. The van der Waals surface area contributed by atoms with Gasteiger partial charge in [-0.05, 0) is 25.0 Å². The minimum absolute atomic E-state index is 0.0378. The lowest BCUT2D eigenvalue weighted by Gasteiger charge is -2.34. The molecule has 2 heterocycles. The molecule has 1 aromatic heterocycles. The number of carboxylic acid groups (broad SMARTS) is 1. The number of rotatable bonds is 5. The molecule has 6 heteroatoms. The number of ether oxygens (including phenoxy) is 1. The fourth-order valence-corrected chi connectivity index (χ4v) is 2.32. The summed E-state index contributed by atoms with van der Waals surface area (Å²) in [5, 5.41) is 8.84. The molecule has 108 valence electrons. The monoisotopic (exact) mass is 278 g/mol. The highest BCUT2D eigenvalue weighted by Crippen LogP contribution is 2.17. The van der Waals surface area contributed by atoms with Crippen molar-refractivity contribution in [3.05, 3.63) is 30.1 Å². The first-order chi connectivity index (χ1) is 9.68. The van der Waals surface area contributed by atoms with Gasteiger partial charge in [-0.1, -0.05) is 0 Å². The number of nitrogens with zero attached hydrogens (tertiary/aromatic N) is 2. The first-order valence-corrected chi connectivity index (χ1v) is 6.69. The molecule has 0 unspecified atom stereocenters. The first kappa shape index (κ1) is 14.5. The van der Waals surface area contributed by atoms with Crippen LogP contribution in [0.5, 0.6) is 0 Å². The number of carbonyl (C=O) groups is 2. The van der Waals surface area contributed by atoms with E-state index >= 15 is 0 Å². The standard InChI is InChI=1S/C14H18N2O4/c17-13(18)3-7-16(12-4-8-20-9-5-12)14(19)11-2-1-6-15-10-11/h1-2,6,10,12H,3-5,7-9H2,(H,17,18). The molecule has 6 nitrogen and oxygen atoms in total. The molecule has 0 bridgehead atoms. The van der Waals surface area contributed by atoms with Crippen molar-refractivity contribution >= 4 is 11.9 Å². The molecule has 0 atom stereocenters. The number of pyridine rings is 1. The van der Waals surface area contributed by atoms with Crippen molar-refractivity contribution in [2.24, 2.45) is 0 Å². The summed E-state index contributed by atoms with van der Waals surface area (Å²) in [7, 11) is 0. The van der Waals surface area contributed by atoms with Gasteiger partial charge in [-0.25, -0.2) is 0 Å². The number of hydrogen-bond donors (Lipinski definition) is 1. The van der Waals surface area contributed by atoms with Gasteiger partial charge in [0.2, 0.25) is 0 Å². The third-order valence-electron chi connectivity index (χ3n) is 3.37. The van der Waals surface area contributed by atoms with Crippen LogP contribution in [0.3, 0.4) is 0 Å². The maximum Gasteiger partial charge on any atom is 0.305 e. The molecule has 1 saturated heterocycles. The molecule has 1 aliphatic heterocycles. The Morgan fingerprint density at radius 1 is 1.40 bits per heavy atom. The fourth-order valence-electron chi connectivity index (χ4n) is 2.32. The largest absolute Gasteiger partial charge is 0.481 e. The molecule has 20 heavy (non-hydrogen) atoms. The highest BCUT2D eigenvalue weighted by molar-refractivity contribution is 5.94. The molecule has 1 aromatic rings. The summed E-state index contributed by atoms with van der Waals surface area (Å²) in [5.41, 5.74) is 0.490. The summed E-state index contributed by atoms with van der Waals surface area (Å²) < 4.78 is 5.29. The summed E-state index contributed by atoms with van der Waals surface area (Å²) in [6.07, 6.45) is 4.54. The Bertz CT molecular complexity index is 458. The topological polar surface area (TPSA) is 79.7 Å². The number of hydrogen-bond acceptors (Lipinski definition) is 4. The SMILES string of the molecule is O=C(O)CCN(C(=O)c1cccnc1)C1CCOCC1. The summed E-state index contributed by atoms with van der Waals surface area (Å²) in [6.45, 7) is 1.43. The Hall–Kier alpha value is -1.95. The van der Waals surface area contributed by atoms with Gasteiger partial charge in [-0.3, -0.25) is 14.6 Å². The van der Waals surface area contributed by atoms with Crippen molar-refractivity contribution in [3.63, 3.8) is 0 Å². The van der Waals surface area contributed by atoms with E-state index in [9.17, 15) is 9.59 Å². The van der Waals surface area contributed by atoms with Crippen molar-refractivity contribution in [1.82, 2.24) is 9.88 Å². The highest BCUT2D eigenvalue weighted by Gasteiger charge is 2.27. The zero-order chi connectivity index (χ0) is 14.4. The van der Waals surface area contributed by atoms with Crippen molar-refractivity contribution in [3.8, 4) is 0 Å². The van der Waals surface area contributed by atoms with Crippen LogP contribution >= 0.6 is 0 Å². The molecule has 1 aliphatic rings. The van der Waals surface area contributed by atoms with E-state index in [1.54, 1.807) is 23.2 Å². The van der Waals surface area contributed by atoms with Gasteiger partial charge in [-0.2, -0.15) is 0 Å². The Morgan fingerprint density at radius 2 is 2.15 bits per heavy atom. The molecular formula is C14H18N2O4. The molecule has 1 N–H and O–H groups in total. The lowest BCUT2D eigenvalue weighted by Crippen LogP contribution is -2.44. The number of aromatic nitrogens is 1. The minimum Gasteiger partial charge on any atom is -0.481 e. The number of carbonyl (C=O) groups excluding carboxylic acids is 1. The van der Waals surface area contributed by atoms with Crippen molar-refractivity contribution < 1.29 is 19.4 Å². The van der Waals surface area contributed by atoms with E-state index in [1.807, 2.05) is 0 Å². The Balaban J connectivity index is 2.12. The van der Waals surface area contributed by atoms with Crippen LogP contribution in [0.25, 0.3) is 0 Å². The van der Waals surface area contributed by atoms with Crippen LogP contribution in [0.1, 0.15) is 29.6 Å². The molecule has 0 aliphatic carbocycles. The Labute approximate surface area is 117 Å². The van der Waals surface area contributed by atoms with Crippen LogP contribution < -0.4 is 0 Å². The molecule has 0 saturated carbocycles. The molecule has 1 amide bonds. The third kappa shape index (κ3) is 3.77. The second-order valence-electron chi connectivity index (χ2n) is 4.73. The molecule has 0 aromatic carbocycles. The minimum atomic E-state index is -0.902. The molecule has 0 radical (unpaired) electrons. The molecule has 0 spiro atoms. The lowest BCUT2D eigenvalue weighted by molar-refractivity contribution is -0.137. The van der Waals surface area contributed by atoms with Gasteiger partial charge in [0.25, 0.3) is 5.91 Å². The van der Waals surface area contributed by atoms with Crippen molar-refractivity contribution in [2.45, 2.75) is 25.3 Å². The predicted octanol–water partition coefficient (Wildman–Crippen LogP) is 1.18. The third-order valence-corrected chi connectivity index (χ3v) is 3.37. The summed E-state index contributed by atoms with van der Waals surface area (Å²) >= 11 is 0. The van der Waals surface area contributed by atoms with Crippen molar-refractivity contribution in [2.75, 3.05) is 19.8 Å². The van der Waals surface area contributed by atoms with Gasteiger partial charge in [0.1, 0.15) is 0 Å². The Kier molecular flexibility index (Phi) is 5.06. The van der Waals surface area contributed by atoms with Gasteiger partial charge >= 0.3 is 5.97 Å². The van der Waals surface area contributed by atoms with E-state index < -0.39 is 5.97 Å². The van der Waals surface area contributed by atoms with Gasteiger partial charge in [-0.15, -0.1) is 0 Å². The Morgan fingerprint density at radius 3 is 2.75 bits per heavy atom. The summed E-state index contributed by atoms with van der Waals surface area (Å²) in [6, 6.07) is 3.44. The number of amides is 1. The molecule has 2 rings (SSSR count). The predicted molar refractivity (Wildman–Crippen MR) is 71.4 cm³/mol. The van der Waals surface area contributed by atoms with Crippen LogP contribution in [0.2, 0.25) is 0 Å². The second-order valence-corrected chi connectivity index (χ2v) is 4.73. The number of carboxylic acids is 1. The van der Waals surface area contributed by atoms with Gasteiger partial charge in [0, 0.05) is 38.2 Å². The quantitative estimate of drug-likeness (QED) is 0.874. The molecule has 1 fully saturated rings. The van der Waals surface area contributed by atoms with E-state index in [0.29, 0.717) is 18.8 Å². The zero-order valence-electron chi connectivity index (χ0n) is 11.2. The van der Waals surface area contributed by atoms with Gasteiger partial charge in [0.05, 0.1) is 12.0 Å². The summed E-state index contributed by atoms with van der Waals surface area (Å²) in [4.78, 5) is 28.9.